The van der Waals surface area contributed by atoms with Crippen LogP contribution in [0.5, 0.6) is 0 Å². The van der Waals surface area contributed by atoms with Crippen LogP contribution in [0.15, 0.2) is 197 Å². The molecule has 4 aromatic rings. The Balaban J connectivity index is 0.949. The first-order valence-corrected chi connectivity index (χ1v) is 31.5. The van der Waals surface area contributed by atoms with E-state index in [9.17, 15) is 33.7 Å². The summed E-state index contributed by atoms with van der Waals surface area (Å²) in [6, 6.07) is 26.7. The second-order valence-electron chi connectivity index (χ2n) is 20.1. The number of benzene rings is 4. The van der Waals surface area contributed by atoms with Gasteiger partial charge in [-0.15, -0.1) is 0 Å². The van der Waals surface area contributed by atoms with Crippen molar-refractivity contribution in [3.8, 4) is 47.4 Å². The van der Waals surface area contributed by atoms with Gasteiger partial charge in [0.25, 0.3) is 0 Å². The van der Waals surface area contributed by atoms with Crippen molar-refractivity contribution in [1.82, 2.24) is 17.2 Å². The minimum Gasteiger partial charge on any atom is -0.371 e. The molecule has 0 bridgehead atoms. The molecule has 10 rings (SSSR count). The number of ether oxygens (including phenoxy) is 2. The first-order valence-electron chi connectivity index (χ1n) is 25.7. The molecule has 0 saturated carbocycles. The SMILES string of the molecule is Cc1ccc(S(=O)(=O)N2CC=C(C#CC3=C(C#CC4=C(/C=C/C5=C(C#CC6=C(C#CC7=CCN(S(=O)(=O)c8ccc(C)cc8)C7)COC6)CN(S(=O)(=O)c6ccc(C)cc6)C5)CN(S(=O)(=O)c5ccc(C)cc5)C4)COC3)C2)cc1. The summed E-state index contributed by atoms with van der Waals surface area (Å²) in [5, 5.41) is 0. The number of sulfonamides is 4. The van der Waals surface area contributed by atoms with Gasteiger partial charge in [-0.3, -0.25) is 0 Å². The Bertz CT molecular complexity index is 3910. The van der Waals surface area contributed by atoms with Gasteiger partial charge in [0.15, 0.2) is 0 Å². The average Bonchev–Trinajstić information content (AvgIpc) is 4.33. The standard InChI is InChI=1S/C62H56N4O10S4/c1-45-5-23-59(24-6-45)77(67,68)63-33-31-49(35-63)13-15-55-41-75-43-57(55)21-19-53-39-65(79(71,72)61-27-9-47(3)10-28-61)37-51(53)17-18-52-38-66(80(73,74)62-29-11-48(4)12-30-62)40-54(52)20-22-58-44-76-42-56(58)16-14-50-32-34-64(36-50)78(69,70)60-25-7-46(2)8-26-60/h5-12,17-18,23-32H,33-44H2,1-4H3/b18-17+. The van der Waals surface area contributed by atoms with Crippen LogP contribution in [0.4, 0.5) is 0 Å². The van der Waals surface area contributed by atoms with E-state index in [1.807, 2.05) is 27.7 Å². The lowest BCUT2D eigenvalue weighted by Gasteiger charge is -2.16. The zero-order valence-electron chi connectivity index (χ0n) is 44.5. The lowest BCUT2D eigenvalue weighted by molar-refractivity contribution is 0.207. The summed E-state index contributed by atoms with van der Waals surface area (Å²) < 4.78 is 127. The van der Waals surface area contributed by atoms with Gasteiger partial charge in [-0.05, 0) is 87.4 Å². The normalized spacial score (nSPS) is 18.8. The first kappa shape index (κ1) is 56.1. The van der Waals surface area contributed by atoms with Gasteiger partial charge >= 0.3 is 0 Å². The lowest BCUT2D eigenvalue weighted by atomic mass is 10.1. The van der Waals surface area contributed by atoms with Crippen LogP contribution < -0.4 is 0 Å². The Morgan fingerprint density at radius 3 is 0.900 bits per heavy atom. The van der Waals surface area contributed by atoms with Crippen molar-refractivity contribution in [2.45, 2.75) is 47.3 Å². The Morgan fingerprint density at radius 1 is 0.338 bits per heavy atom. The molecule has 4 aromatic carbocycles. The van der Waals surface area contributed by atoms with Crippen LogP contribution in [0.2, 0.25) is 0 Å². The summed E-state index contributed by atoms with van der Waals surface area (Å²) >= 11 is 0. The molecule has 0 atom stereocenters. The molecule has 0 aromatic heterocycles. The van der Waals surface area contributed by atoms with Crippen LogP contribution in [0.25, 0.3) is 0 Å². The molecule has 0 N–H and O–H groups in total. The second-order valence-corrected chi connectivity index (χ2v) is 27.8. The molecule has 408 valence electrons. The predicted octanol–water partition coefficient (Wildman–Crippen LogP) is 6.71. The van der Waals surface area contributed by atoms with E-state index in [1.54, 1.807) is 121 Å². The van der Waals surface area contributed by atoms with Gasteiger partial charge in [-0.1, -0.05) is 142 Å². The zero-order valence-corrected chi connectivity index (χ0v) is 47.8. The van der Waals surface area contributed by atoms with E-state index in [0.717, 1.165) is 22.3 Å². The third-order valence-electron chi connectivity index (χ3n) is 14.2. The fourth-order valence-electron chi connectivity index (χ4n) is 9.29. The van der Waals surface area contributed by atoms with E-state index in [0.29, 0.717) is 55.7 Å². The minimum atomic E-state index is -3.99. The molecule has 6 aliphatic heterocycles. The van der Waals surface area contributed by atoms with Crippen molar-refractivity contribution in [2.24, 2.45) is 0 Å². The Labute approximate surface area is 470 Å². The van der Waals surface area contributed by atoms with Crippen molar-refractivity contribution >= 4 is 40.1 Å². The van der Waals surface area contributed by atoms with Crippen LogP contribution in [0, 0.1) is 75.1 Å². The molecule has 6 heterocycles. The zero-order chi connectivity index (χ0) is 56.4. The fraction of sp³-hybridized carbons (Fsp3) is 0.258. The molecule has 18 heteroatoms. The third kappa shape index (κ3) is 12.3. The molecule has 0 saturated heterocycles. The van der Waals surface area contributed by atoms with Crippen LogP contribution in [0.3, 0.4) is 0 Å². The number of hydrogen-bond acceptors (Lipinski definition) is 10. The Kier molecular flexibility index (Phi) is 16.2. The number of rotatable bonds is 10. The van der Waals surface area contributed by atoms with Gasteiger partial charge < -0.3 is 9.47 Å². The van der Waals surface area contributed by atoms with Gasteiger partial charge in [-0.2, -0.15) is 17.2 Å². The van der Waals surface area contributed by atoms with Crippen molar-refractivity contribution in [1.29, 1.82) is 0 Å². The molecule has 0 unspecified atom stereocenters. The molecule has 6 aliphatic rings. The third-order valence-corrected chi connectivity index (χ3v) is 21.5. The maximum absolute atomic E-state index is 14.2. The number of hydrogen-bond donors (Lipinski definition) is 0. The topological polar surface area (TPSA) is 168 Å². The van der Waals surface area contributed by atoms with Crippen molar-refractivity contribution in [3.05, 3.63) is 199 Å². The number of aryl methyl sites for hydroxylation is 4. The van der Waals surface area contributed by atoms with Crippen LogP contribution in [-0.2, 0) is 49.6 Å². The summed E-state index contributed by atoms with van der Waals surface area (Å²) in [6.45, 7) is 8.82. The number of nitrogens with zero attached hydrogens (tertiary/aromatic N) is 4. The highest BCUT2D eigenvalue weighted by Crippen LogP contribution is 2.31. The van der Waals surface area contributed by atoms with Crippen molar-refractivity contribution in [3.63, 3.8) is 0 Å². The highest BCUT2D eigenvalue weighted by Gasteiger charge is 2.34. The summed E-state index contributed by atoms with van der Waals surface area (Å²) in [6.07, 6.45) is 7.15. The van der Waals surface area contributed by atoms with E-state index in [-0.39, 0.29) is 98.4 Å². The smallest absolute Gasteiger partial charge is 0.243 e. The van der Waals surface area contributed by atoms with Crippen LogP contribution in [-0.4, -0.2) is 130 Å². The molecular formula is C62H56N4O10S4. The monoisotopic (exact) mass is 1140 g/mol. The van der Waals surface area contributed by atoms with Gasteiger partial charge in [-0.25, -0.2) is 33.7 Å². The fourth-order valence-corrected chi connectivity index (χ4v) is 14.8. The molecule has 0 aliphatic carbocycles. The van der Waals surface area contributed by atoms with Crippen molar-refractivity contribution < 1.29 is 43.1 Å². The highest BCUT2D eigenvalue weighted by molar-refractivity contribution is 7.90. The van der Waals surface area contributed by atoms with Crippen LogP contribution in [0.1, 0.15) is 22.3 Å². The van der Waals surface area contributed by atoms with E-state index < -0.39 is 40.1 Å². The molecule has 0 radical (unpaired) electrons. The van der Waals surface area contributed by atoms with E-state index in [4.69, 9.17) is 9.47 Å². The largest absolute Gasteiger partial charge is 0.371 e. The van der Waals surface area contributed by atoms with E-state index in [2.05, 4.69) is 47.4 Å². The minimum absolute atomic E-state index is 0.0207. The van der Waals surface area contributed by atoms with Crippen molar-refractivity contribution in [2.75, 3.05) is 78.8 Å². The molecule has 80 heavy (non-hydrogen) atoms. The van der Waals surface area contributed by atoms with Gasteiger partial charge in [0, 0.05) is 96.9 Å². The Morgan fingerprint density at radius 2 is 0.600 bits per heavy atom. The molecular weight excluding hydrogens is 1090 g/mol. The summed E-state index contributed by atoms with van der Waals surface area (Å²) in [7, 11) is -15.4. The maximum atomic E-state index is 14.2. The van der Waals surface area contributed by atoms with Gasteiger partial charge in [0.05, 0.1) is 46.0 Å². The quantitative estimate of drug-likeness (QED) is 0.156. The molecule has 0 spiro atoms. The second kappa shape index (κ2) is 23.1. The Hall–Kier alpha value is -7.14. The van der Waals surface area contributed by atoms with E-state index in [1.165, 1.54) is 17.2 Å². The molecule has 0 amide bonds. The first-order chi connectivity index (χ1) is 38.2. The van der Waals surface area contributed by atoms with Crippen LogP contribution >= 0.6 is 0 Å². The van der Waals surface area contributed by atoms with Gasteiger partial charge in [0.1, 0.15) is 0 Å². The molecule has 14 nitrogen and oxygen atoms in total. The lowest BCUT2D eigenvalue weighted by Crippen LogP contribution is -2.29. The summed E-state index contributed by atoms with van der Waals surface area (Å²) in [5.74, 6) is 25.5. The average molecular weight is 1150 g/mol. The molecule has 0 fully saturated rings. The summed E-state index contributed by atoms with van der Waals surface area (Å²) in [5.41, 5.74) is 9.78. The summed E-state index contributed by atoms with van der Waals surface area (Å²) in [4.78, 5) is 0.692. The van der Waals surface area contributed by atoms with Gasteiger partial charge in [0.2, 0.25) is 40.1 Å². The highest BCUT2D eigenvalue weighted by atomic mass is 32.2. The predicted molar refractivity (Wildman–Crippen MR) is 306 cm³/mol. The maximum Gasteiger partial charge on any atom is 0.243 e. The van der Waals surface area contributed by atoms with E-state index >= 15 is 0 Å².